The molecular weight excluding hydrogens is 353 g/mol. The summed E-state index contributed by atoms with van der Waals surface area (Å²) in [5.74, 6) is -1.84. The Morgan fingerprint density at radius 1 is 1.29 bits per heavy atom. The van der Waals surface area contributed by atoms with Gasteiger partial charge in [-0.2, -0.15) is 13.2 Å². The van der Waals surface area contributed by atoms with Crippen LogP contribution in [0.15, 0.2) is 29.2 Å². The molecule has 0 saturated heterocycles. The molecule has 11 heteroatoms. The van der Waals surface area contributed by atoms with Crippen LogP contribution < -0.4 is 4.72 Å². The lowest BCUT2D eigenvalue weighted by molar-refractivity contribution is -0.139. The van der Waals surface area contributed by atoms with Gasteiger partial charge in [-0.15, -0.1) is 0 Å². The Morgan fingerprint density at radius 3 is 2.46 bits per heavy atom. The van der Waals surface area contributed by atoms with Crippen molar-refractivity contribution < 1.29 is 36.3 Å². The van der Waals surface area contributed by atoms with Crippen LogP contribution >= 0.6 is 0 Å². The zero-order valence-corrected chi connectivity index (χ0v) is 13.3. The number of sulfonamides is 1. The predicted octanol–water partition coefficient (Wildman–Crippen LogP) is 0.917. The minimum atomic E-state index is -4.70. The van der Waals surface area contributed by atoms with Crippen molar-refractivity contribution in [2.75, 3.05) is 20.1 Å². The monoisotopic (exact) mass is 368 g/mol. The Bertz CT molecular complexity index is 719. The van der Waals surface area contributed by atoms with Crippen LogP contribution in [0.4, 0.5) is 13.2 Å². The zero-order chi connectivity index (χ0) is 18.5. The quantitative estimate of drug-likeness (QED) is 0.745. The first-order valence-corrected chi connectivity index (χ1v) is 8.04. The van der Waals surface area contributed by atoms with Crippen molar-refractivity contribution in [1.82, 2.24) is 9.62 Å². The standard InChI is InChI=1S/C13H15F3N2O5S/c1-18(6-5-12(20)21)11(19)8-17-24(22,23)10-4-2-3-9(7-10)13(14,15)16/h2-4,7,17H,5-6,8H2,1H3,(H,20,21). The van der Waals surface area contributed by atoms with Crippen LogP contribution in [0.1, 0.15) is 12.0 Å². The highest BCUT2D eigenvalue weighted by Crippen LogP contribution is 2.30. The average molecular weight is 368 g/mol. The third-order valence-corrected chi connectivity index (χ3v) is 4.37. The molecule has 1 rings (SSSR count). The maximum atomic E-state index is 12.6. The van der Waals surface area contributed by atoms with Crippen molar-refractivity contribution in [3.05, 3.63) is 29.8 Å². The number of alkyl halides is 3. The smallest absolute Gasteiger partial charge is 0.416 e. The number of hydrogen-bond donors (Lipinski definition) is 2. The number of carbonyl (C=O) groups excluding carboxylic acids is 1. The Labute approximate surface area is 136 Å². The lowest BCUT2D eigenvalue weighted by Gasteiger charge is -2.16. The van der Waals surface area contributed by atoms with Crippen molar-refractivity contribution in [2.45, 2.75) is 17.5 Å². The molecule has 1 aromatic rings. The van der Waals surface area contributed by atoms with Gasteiger partial charge in [0.15, 0.2) is 0 Å². The third-order valence-electron chi connectivity index (χ3n) is 2.97. The number of carbonyl (C=O) groups is 2. The number of amides is 1. The zero-order valence-electron chi connectivity index (χ0n) is 12.5. The molecule has 0 aliphatic carbocycles. The molecule has 0 bridgehead atoms. The summed E-state index contributed by atoms with van der Waals surface area (Å²) in [6.45, 7) is -0.825. The summed E-state index contributed by atoms with van der Waals surface area (Å²) in [5.41, 5.74) is -1.13. The van der Waals surface area contributed by atoms with Crippen LogP contribution in [0.25, 0.3) is 0 Å². The fourth-order valence-electron chi connectivity index (χ4n) is 1.60. The Morgan fingerprint density at radius 2 is 1.92 bits per heavy atom. The first kappa shape index (κ1) is 19.9. The molecule has 7 nitrogen and oxygen atoms in total. The molecule has 24 heavy (non-hydrogen) atoms. The van der Waals surface area contributed by atoms with E-state index in [4.69, 9.17) is 5.11 Å². The number of carboxylic acids is 1. The number of hydrogen-bond acceptors (Lipinski definition) is 4. The predicted molar refractivity (Wildman–Crippen MR) is 76.5 cm³/mol. The number of halogens is 3. The number of nitrogens with zero attached hydrogens (tertiary/aromatic N) is 1. The second-order valence-corrected chi connectivity index (χ2v) is 6.58. The van der Waals surface area contributed by atoms with E-state index in [1.54, 1.807) is 0 Å². The summed E-state index contributed by atoms with van der Waals surface area (Å²) in [7, 11) is -3.04. The van der Waals surface area contributed by atoms with Gasteiger partial charge in [-0.25, -0.2) is 13.1 Å². The molecule has 0 heterocycles. The molecule has 0 radical (unpaired) electrons. The van der Waals surface area contributed by atoms with Gasteiger partial charge >= 0.3 is 12.1 Å². The molecule has 1 amide bonds. The summed E-state index contributed by atoms with van der Waals surface area (Å²) in [6.07, 6.45) is -5.01. The third kappa shape index (κ3) is 5.81. The van der Waals surface area contributed by atoms with E-state index < -0.39 is 45.1 Å². The van der Waals surface area contributed by atoms with Crippen LogP contribution in [0.3, 0.4) is 0 Å². The lowest BCUT2D eigenvalue weighted by Crippen LogP contribution is -2.39. The lowest BCUT2D eigenvalue weighted by atomic mass is 10.2. The highest BCUT2D eigenvalue weighted by Gasteiger charge is 2.31. The molecule has 0 spiro atoms. The van der Waals surface area contributed by atoms with Gasteiger partial charge in [-0.1, -0.05) is 6.07 Å². The van der Waals surface area contributed by atoms with Gasteiger partial charge in [0.25, 0.3) is 0 Å². The molecule has 0 aromatic heterocycles. The maximum absolute atomic E-state index is 12.6. The van der Waals surface area contributed by atoms with Gasteiger partial charge in [0.05, 0.1) is 23.4 Å². The molecule has 134 valence electrons. The summed E-state index contributed by atoms with van der Waals surface area (Å²) in [6, 6.07) is 3.10. The van der Waals surface area contributed by atoms with Crippen molar-refractivity contribution >= 4 is 21.9 Å². The number of nitrogens with one attached hydrogen (secondary N) is 1. The van der Waals surface area contributed by atoms with Gasteiger partial charge in [0.2, 0.25) is 15.9 Å². The minimum absolute atomic E-state index is 0.126. The molecule has 0 atom stereocenters. The Hall–Kier alpha value is -2.14. The first-order chi connectivity index (χ1) is 10.9. The van der Waals surface area contributed by atoms with Crippen molar-refractivity contribution in [3.63, 3.8) is 0 Å². The molecule has 0 aliphatic heterocycles. The van der Waals surface area contributed by atoms with Crippen LogP contribution in [-0.4, -0.2) is 50.4 Å². The Balaban J connectivity index is 2.77. The van der Waals surface area contributed by atoms with E-state index in [1.165, 1.54) is 7.05 Å². The SMILES string of the molecule is CN(CCC(=O)O)C(=O)CNS(=O)(=O)c1cccc(C(F)(F)F)c1. The minimum Gasteiger partial charge on any atom is -0.481 e. The Kier molecular flexibility index (Phi) is 6.32. The van der Waals surface area contributed by atoms with Gasteiger partial charge in [-0.3, -0.25) is 9.59 Å². The topological polar surface area (TPSA) is 104 Å². The van der Waals surface area contributed by atoms with E-state index in [9.17, 15) is 31.2 Å². The largest absolute Gasteiger partial charge is 0.481 e. The van der Waals surface area contributed by atoms with Crippen LogP contribution in [0, 0.1) is 0 Å². The second kappa shape index (κ2) is 7.62. The van der Waals surface area contributed by atoms with E-state index in [1.807, 2.05) is 4.72 Å². The molecule has 2 N–H and O–H groups in total. The summed E-state index contributed by atoms with van der Waals surface area (Å²) in [5, 5.41) is 8.50. The fraction of sp³-hybridized carbons (Fsp3) is 0.385. The van der Waals surface area contributed by atoms with Crippen molar-refractivity contribution in [1.29, 1.82) is 0 Å². The molecule has 0 aliphatic rings. The average Bonchev–Trinajstić information content (AvgIpc) is 2.49. The van der Waals surface area contributed by atoms with Gasteiger partial charge in [0, 0.05) is 13.6 Å². The van der Waals surface area contributed by atoms with Crippen molar-refractivity contribution in [2.24, 2.45) is 0 Å². The van der Waals surface area contributed by atoms with E-state index in [0.717, 1.165) is 23.1 Å². The molecule has 0 unspecified atom stereocenters. The van der Waals surface area contributed by atoms with E-state index in [2.05, 4.69) is 0 Å². The number of rotatable bonds is 7. The van der Waals surface area contributed by atoms with Crippen LogP contribution in [0.2, 0.25) is 0 Å². The molecule has 0 saturated carbocycles. The summed E-state index contributed by atoms with van der Waals surface area (Å²) in [4.78, 5) is 22.5. The number of likely N-dealkylation sites (N-methyl/N-ethyl adjacent to an activating group) is 1. The number of benzene rings is 1. The molecular formula is C13H15F3N2O5S. The fourth-order valence-corrected chi connectivity index (χ4v) is 2.62. The van der Waals surface area contributed by atoms with Crippen LogP contribution in [0.5, 0.6) is 0 Å². The number of carboxylic acid groups (broad SMARTS) is 1. The highest BCUT2D eigenvalue weighted by molar-refractivity contribution is 7.89. The van der Waals surface area contributed by atoms with Crippen molar-refractivity contribution in [3.8, 4) is 0 Å². The highest BCUT2D eigenvalue weighted by atomic mass is 32.2. The second-order valence-electron chi connectivity index (χ2n) is 4.81. The maximum Gasteiger partial charge on any atom is 0.416 e. The molecule has 0 fully saturated rings. The van der Waals surface area contributed by atoms with Gasteiger partial charge < -0.3 is 10.0 Å². The van der Waals surface area contributed by atoms with E-state index >= 15 is 0 Å². The number of aliphatic carboxylic acids is 1. The summed E-state index contributed by atoms with van der Waals surface area (Å²) >= 11 is 0. The first-order valence-electron chi connectivity index (χ1n) is 6.56. The van der Waals surface area contributed by atoms with Gasteiger partial charge in [-0.05, 0) is 18.2 Å². The molecule has 1 aromatic carbocycles. The van der Waals surface area contributed by atoms with Crippen LogP contribution in [-0.2, 0) is 25.8 Å². The van der Waals surface area contributed by atoms with Gasteiger partial charge in [0.1, 0.15) is 0 Å². The summed E-state index contributed by atoms with van der Waals surface area (Å²) < 4.78 is 63.6. The normalized spacial score (nSPS) is 12.0. The van der Waals surface area contributed by atoms with E-state index in [-0.39, 0.29) is 13.0 Å². The van der Waals surface area contributed by atoms with E-state index in [0.29, 0.717) is 6.07 Å².